The van der Waals surface area contributed by atoms with Crippen molar-refractivity contribution < 1.29 is 13.3 Å². The summed E-state index contributed by atoms with van der Waals surface area (Å²) >= 11 is 0. The molecule has 13 aromatic carbocycles. The van der Waals surface area contributed by atoms with Crippen molar-refractivity contribution in [1.29, 1.82) is 0 Å². The Hall–Kier alpha value is -13.4. The van der Waals surface area contributed by atoms with Gasteiger partial charge in [-0.15, -0.1) is 0 Å². The Morgan fingerprint density at radius 3 is 1.31 bits per heavy atom. The van der Waals surface area contributed by atoms with E-state index in [0.717, 1.165) is 131 Å². The molecule has 20 aromatic rings. The Morgan fingerprint density at radius 2 is 0.629 bits per heavy atom. The van der Waals surface area contributed by atoms with E-state index >= 15 is 0 Å². The van der Waals surface area contributed by atoms with Gasteiger partial charge in [-0.3, -0.25) is 9.97 Å². The lowest BCUT2D eigenvalue weighted by Crippen LogP contribution is -2.01. The molecule has 0 bridgehead atoms. The van der Waals surface area contributed by atoms with Gasteiger partial charge in [0.05, 0.1) is 0 Å². The maximum Gasteiger partial charge on any atom is 0.164 e. The zero-order valence-electron chi connectivity index (χ0n) is 51.4. The fourth-order valence-corrected chi connectivity index (χ4v) is 15.1. The van der Waals surface area contributed by atoms with Gasteiger partial charge < -0.3 is 13.3 Å². The van der Waals surface area contributed by atoms with E-state index in [9.17, 15) is 0 Å². The molecule has 0 saturated carbocycles. The van der Waals surface area contributed by atoms with Crippen LogP contribution in [0.25, 0.3) is 222 Å². The lowest BCUT2D eigenvalue weighted by Gasteiger charge is -2.15. The summed E-state index contributed by atoms with van der Waals surface area (Å²) in [4.78, 5) is 41.7. The predicted octanol–water partition coefficient (Wildman–Crippen LogP) is 22.1. The van der Waals surface area contributed by atoms with Gasteiger partial charge in [0.15, 0.2) is 34.9 Å². The smallest absolute Gasteiger partial charge is 0.164 e. The Balaban J connectivity index is 0.770. The summed E-state index contributed by atoms with van der Waals surface area (Å²) < 4.78 is 20.8. The third-order valence-electron chi connectivity index (χ3n) is 19.5. The van der Waals surface area contributed by atoms with E-state index in [1.165, 1.54) is 27.6 Å². The van der Waals surface area contributed by atoms with Crippen molar-refractivity contribution in [2.45, 2.75) is 0 Å². The first-order valence-electron chi connectivity index (χ1n) is 32.2. The molecule has 0 unspecified atom stereocenters. The molecular formula is C86H46N8O3. The molecule has 0 spiro atoms. The van der Waals surface area contributed by atoms with E-state index in [-0.39, 0.29) is 0 Å². The second-order valence-corrected chi connectivity index (χ2v) is 24.9. The fraction of sp³-hybridized carbons (Fsp3) is 0. The average Bonchev–Trinajstić information content (AvgIpc) is 1.63. The molecule has 0 aliphatic heterocycles. The quantitative estimate of drug-likeness (QED) is 0.143. The van der Waals surface area contributed by atoms with Crippen molar-refractivity contribution in [3.8, 4) is 113 Å². The molecule has 7 heterocycles. The topological polar surface area (TPSA) is 143 Å². The standard InChI is InChI=1S/C86H46N8O3/c1-3-15-49-41-52(29-27-47(49)13-1)81-89-82(53-30-28-48-14-2-4-16-50(48)42-53)91-83(90-81)54-43-51-17-5-6-18-55(51)68(44-54)61-31-33-62(79-77(61)70-46-88-40-38-73(70)97-79)63-34-36-67(78-65-21-9-10-25-71(65)96-80(63)78)86-93-84(64-35-32-60-57-20-8-7-19-56(57)58-22-11-23-59(64)75(58)60)92-85(94-86)66-24-12-26-74-76(66)69-45-87-39-37-72(69)95-74/h1-46H. The van der Waals surface area contributed by atoms with E-state index in [1.54, 1.807) is 12.4 Å². The Bertz CT molecular complexity index is 6680. The van der Waals surface area contributed by atoms with Gasteiger partial charge in [-0.05, 0) is 149 Å². The second kappa shape index (κ2) is 20.6. The van der Waals surface area contributed by atoms with Crippen LogP contribution in [-0.4, -0.2) is 39.9 Å². The number of fused-ring (bicyclic) bond motifs is 15. The highest BCUT2D eigenvalue weighted by Crippen LogP contribution is 2.52. The summed E-state index contributed by atoms with van der Waals surface area (Å²) in [6.45, 7) is 0. The first-order valence-corrected chi connectivity index (χ1v) is 32.2. The minimum atomic E-state index is 0.478. The number of rotatable bonds is 8. The number of hydrogen-bond acceptors (Lipinski definition) is 11. The first kappa shape index (κ1) is 53.2. The van der Waals surface area contributed by atoms with Crippen molar-refractivity contribution >= 4 is 109 Å². The highest BCUT2D eigenvalue weighted by Gasteiger charge is 2.29. The predicted molar refractivity (Wildman–Crippen MR) is 389 cm³/mol. The van der Waals surface area contributed by atoms with Crippen molar-refractivity contribution in [3.05, 3.63) is 280 Å². The summed E-state index contributed by atoms with van der Waals surface area (Å²) in [7, 11) is 0. The number of hydrogen-bond donors (Lipinski definition) is 0. The fourth-order valence-electron chi connectivity index (χ4n) is 15.1. The van der Waals surface area contributed by atoms with E-state index in [4.69, 9.17) is 48.1 Å². The molecular weight excluding hydrogens is 1190 g/mol. The van der Waals surface area contributed by atoms with E-state index < -0.39 is 0 Å². The van der Waals surface area contributed by atoms with Crippen LogP contribution in [0.3, 0.4) is 0 Å². The van der Waals surface area contributed by atoms with Gasteiger partial charge in [0.25, 0.3) is 0 Å². The summed E-state index contributed by atoms with van der Waals surface area (Å²) in [5.74, 6) is 3.20. The van der Waals surface area contributed by atoms with Crippen LogP contribution in [0.5, 0.6) is 0 Å². The molecule has 0 amide bonds. The van der Waals surface area contributed by atoms with E-state index in [0.29, 0.717) is 62.9 Å². The highest BCUT2D eigenvalue weighted by molar-refractivity contribution is 6.23. The van der Waals surface area contributed by atoms with Gasteiger partial charge in [0, 0.05) is 102 Å². The summed E-state index contributed by atoms with van der Waals surface area (Å²) in [6.07, 6.45) is 7.27. The Morgan fingerprint density at radius 1 is 0.206 bits per heavy atom. The van der Waals surface area contributed by atoms with Gasteiger partial charge in [0.2, 0.25) is 0 Å². The lowest BCUT2D eigenvalue weighted by atomic mass is 9.90. The summed E-state index contributed by atoms with van der Waals surface area (Å²) in [6, 6.07) is 88.5. The van der Waals surface area contributed by atoms with Crippen LogP contribution in [0.4, 0.5) is 0 Å². The molecule has 11 nitrogen and oxygen atoms in total. The third kappa shape index (κ3) is 8.15. The van der Waals surface area contributed by atoms with Gasteiger partial charge in [-0.2, -0.15) is 0 Å². The van der Waals surface area contributed by atoms with Gasteiger partial charge in [-0.25, -0.2) is 29.9 Å². The van der Waals surface area contributed by atoms with Crippen LogP contribution >= 0.6 is 0 Å². The van der Waals surface area contributed by atoms with Gasteiger partial charge >= 0.3 is 0 Å². The normalized spacial score (nSPS) is 12.1. The molecule has 448 valence electrons. The lowest BCUT2D eigenvalue weighted by molar-refractivity contribution is 0.665. The van der Waals surface area contributed by atoms with Crippen LogP contribution in [0.15, 0.2) is 293 Å². The van der Waals surface area contributed by atoms with Crippen LogP contribution in [0, 0.1) is 0 Å². The number of para-hydroxylation sites is 1. The van der Waals surface area contributed by atoms with E-state index in [2.05, 4.69) is 217 Å². The molecule has 97 heavy (non-hydrogen) atoms. The molecule has 1 aliphatic carbocycles. The number of benzene rings is 13. The van der Waals surface area contributed by atoms with Gasteiger partial charge in [-0.1, -0.05) is 182 Å². The molecule has 0 N–H and O–H groups in total. The molecule has 11 heteroatoms. The maximum atomic E-state index is 7.17. The van der Waals surface area contributed by atoms with Crippen molar-refractivity contribution in [1.82, 2.24) is 39.9 Å². The minimum absolute atomic E-state index is 0.478. The van der Waals surface area contributed by atoms with Gasteiger partial charge in [0.1, 0.15) is 33.5 Å². The monoisotopic (exact) mass is 1240 g/mol. The molecule has 0 fully saturated rings. The van der Waals surface area contributed by atoms with E-state index in [1.807, 2.05) is 54.9 Å². The average molecular weight is 1240 g/mol. The third-order valence-corrected chi connectivity index (χ3v) is 19.5. The molecule has 7 aromatic heterocycles. The molecule has 0 radical (unpaired) electrons. The van der Waals surface area contributed by atoms with Crippen LogP contribution in [-0.2, 0) is 0 Å². The number of furan rings is 3. The number of pyridine rings is 2. The van der Waals surface area contributed by atoms with Crippen LogP contribution in [0.2, 0.25) is 0 Å². The minimum Gasteiger partial charge on any atom is -0.456 e. The second-order valence-electron chi connectivity index (χ2n) is 24.9. The molecule has 0 saturated heterocycles. The number of nitrogens with zero attached hydrogens (tertiary/aromatic N) is 8. The molecule has 1 aliphatic rings. The Labute approximate surface area is 551 Å². The SMILES string of the molecule is c1ccc2c(c1)-c1cccc3c(-c4nc(-c5cccc6oc7ccncc7c56)nc(-c5ccc(-c6ccc(-c7cc(-c8nc(-c9ccc%10ccccc%10c9)nc(-c9ccc%10ccccc%10c9)n8)cc8ccccc78)c7c6oc6ccncc67)c6oc7ccccc7c56)n4)ccc-2c13. The maximum absolute atomic E-state index is 7.17. The molecule has 0 atom stereocenters. The highest BCUT2D eigenvalue weighted by atomic mass is 16.3. The summed E-state index contributed by atoms with van der Waals surface area (Å²) in [5, 5.41) is 14.0. The zero-order chi connectivity index (χ0) is 63.4. The first-order chi connectivity index (χ1) is 48.0. The van der Waals surface area contributed by atoms with Crippen molar-refractivity contribution in [2.75, 3.05) is 0 Å². The Kier molecular flexibility index (Phi) is 11.3. The van der Waals surface area contributed by atoms with Crippen LogP contribution in [0.1, 0.15) is 0 Å². The van der Waals surface area contributed by atoms with Crippen molar-refractivity contribution in [2.24, 2.45) is 0 Å². The largest absolute Gasteiger partial charge is 0.456 e. The molecule has 21 rings (SSSR count). The number of aromatic nitrogens is 8. The van der Waals surface area contributed by atoms with Crippen LogP contribution < -0.4 is 0 Å². The zero-order valence-corrected chi connectivity index (χ0v) is 51.4. The summed E-state index contributed by atoms with van der Waals surface area (Å²) in [5.41, 5.74) is 17.6. The van der Waals surface area contributed by atoms with Crippen molar-refractivity contribution in [3.63, 3.8) is 0 Å².